The maximum Gasteiger partial charge on any atom is 0.231 e. The maximum atomic E-state index is 6.05. The first-order chi connectivity index (χ1) is 10.2. The molecular weight excluding hydrogens is 290 g/mol. The summed E-state index contributed by atoms with van der Waals surface area (Å²) in [5.41, 5.74) is 0. The number of halogens is 1. The highest BCUT2D eigenvalue weighted by Gasteiger charge is 2.23. The van der Waals surface area contributed by atoms with Crippen LogP contribution in [0.1, 0.15) is 32.6 Å². The molecule has 1 aliphatic carbocycles. The smallest absolute Gasteiger partial charge is 0.231 e. The van der Waals surface area contributed by atoms with Gasteiger partial charge in [0.25, 0.3) is 0 Å². The third-order valence-electron chi connectivity index (χ3n) is 4.35. The van der Waals surface area contributed by atoms with Crippen LogP contribution in [0.2, 0.25) is 5.28 Å². The van der Waals surface area contributed by atoms with Crippen molar-refractivity contribution in [2.75, 3.05) is 36.5 Å². The van der Waals surface area contributed by atoms with Crippen LogP contribution in [0, 0.1) is 5.92 Å². The summed E-state index contributed by atoms with van der Waals surface area (Å²) in [6.45, 7) is 5.17. The minimum Gasteiger partial charge on any atom is -0.378 e. The molecule has 2 fully saturated rings. The quantitative estimate of drug-likeness (QED) is 0.921. The zero-order chi connectivity index (χ0) is 14.7. The lowest BCUT2D eigenvalue weighted by molar-refractivity contribution is 0.122. The van der Waals surface area contributed by atoms with Crippen LogP contribution in [0.25, 0.3) is 0 Å². The molecule has 116 valence electrons. The zero-order valence-corrected chi connectivity index (χ0v) is 13.1. The molecule has 21 heavy (non-hydrogen) atoms. The van der Waals surface area contributed by atoms with Gasteiger partial charge in [-0.05, 0) is 37.3 Å². The highest BCUT2D eigenvalue weighted by atomic mass is 35.5. The molecule has 1 saturated heterocycles. The first-order valence-electron chi connectivity index (χ1n) is 7.73. The number of rotatable bonds is 4. The Labute approximate surface area is 130 Å². The number of hydrogen-bond donors (Lipinski definition) is 1. The number of ether oxygens (including phenoxy) is 1. The van der Waals surface area contributed by atoms with Crippen LogP contribution >= 0.6 is 11.6 Å². The lowest BCUT2D eigenvalue weighted by Gasteiger charge is -2.27. The van der Waals surface area contributed by atoms with Gasteiger partial charge in [0.15, 0.2) is 0 Å². The molecule has 2 aliphatic rings. The van der Waals surface area contributed by atoms with Gasteiger partial charge in [-0.2, -0.15) is 15.0 Å². The van der Waals surface area contributed by atoms with Crippen LogP contribution in [-0.2, 0) is 4.74 Å². The van der Waals surface area contributed by atoms with Crippen LogP contribution in [0.4, 0.5) is 11.9 Å². The fourth-order valence-electron chi connectivity index (χ4n) is 3.09. The molecule has 0 aromatic carbocycles. The second-order valence-electron chi connectivity index (χ2n) is 5.81. The molecular formula is C14H22ClN5O. The number of hydrogen-bond acceptors (Lipinski definition) is 6. The van der Waals surface area contributed by atoms with Crippen LogP contribution in [0.15, 0.2) is 0 Å². The third kappa shape index (κ3) is 3.74. The van der Waals surface area contributed by atoms with E-state index in [9.17, 15) is 0 Å². The summed E-state index contributed by atoms with van der Waals surface area (Å²) in [5, 5.41) is 3.64. The third-order valence-corrected chi connectivity index (χ3v) is 4.52. The summed E-state index contributed by atoms with van der Waals surface area (Å²) in [6, 6.07) is 0.364. The van der Waals surface area contributed by atoms with E-state index in [0.29, 0.717) is 37.1 Å². The van der Waals surface area contributed by atoms with Crippen molar-refractivity contribution in [1.82, 2.24) is 15.0 Å². The molecule has 1 unspecified atom stereocenters. The summed E-state index contributed by atoms with van der Waals surface area (Å²) in [6.07, 6.45) is 5.22. The summed E-state index contributed by atoms with van der Waals surface area (Å²) in [5.74, 6) is 1.92. The van der Waals surface area contributed by atoms with Crippen LogP contribution in [0.3, 0.4) is 0 Å². The topological polar surface area (TPSA) is 63.2 Å². The number of morpholine rings is 1. The van der Waals surface area contributed by atoms with Gasteiger partial charge < -0.3 is 15.0 Å². The van der Waals surface area contributed by atoms with E-state index in [2.05, 4.69) is 32.1 Å². The Balaban J connectivity index is 1.70. The number of nitrogens with one attached hydrogen (secondary N) is 1. The van der Waals surface area contributed by atoms with Crippen molar-refractivity contribution in [2.45, 2.75) is 38.6 Å². The van der Waals surface area contributed by atoms with Gasteiger partial charge in [0.1, 0.15) is 0 Å². The normalized spacial score (nSPS) is 21.5. The Morgan fingerprint density at radius 1 is 1.19 bits per heavy atom. The van der Waals surface area contributed by atoms with Crippen molar-refractivity contribution >= 4 is 23.5 Å². The molecule has 2 heterocycles. The van der Waals surface area contributed by atoms with E-state index >= 15 is 0 Å². The Bertz CT molecular complexity index is 474. The summed E-state index contributed by atoms with van der Waals surface area (Å²) in [7, 11) is 0. The van der Waals surface area contributed by atoms with Gasteiger partial charge in [-0.25, -0.2) is 0 Å². The summed E-state index contributed by atoms with van der Waals surface area (Å²) < 4.78 is 5.35. The Hall–Kier alpha value is -1.14. The van der Waals surface area contributed by atoms with Crippen molar-refractivity contribution in [3.05, 3.63) is 5.28 Å². The van der Waals surface area contributed by atoms with E-state index in [4.69, 9.17) is 16.3 Å². The monoisotopic (exact) mass is 311 g/mol. The molecule has 0 radical (unpaired) electrons. The second-order valence-corrected chi connectivity index (χ2v) is 6.14. The summed E-state index contributed by atoms with van der Waals surface area (Å²) >= 11 is 6.05. The number of anilines is 2. The molecule has 7 heteroatoms. The molecule has 1 atom stereocenters. The number of nitrogens with zero attached hydrogens (tertiary/aromatic N) is 4. The van der Waals surface area contributed by atoms with Crippen molar-refractivity contribution in [3.8, 4) is 0 Å². The lowest BCUT2D eigenvalue weighted by Crippen LogP contribution is -2.37. The van der Waals surface area contributed by atoms with E-state index in [-0.39, 0.29) is 5.28 Å². The number of aromatic nitrogens is 3. The van der Waals surface area contributed by atoms with Crippen molar-refractivity contribution in [2.24, 2.45) is 5.92 Å². The van der Waals surface area contributed by atoms with Crippen LogP contribution in [0.5, 0.6) is 0 Å². The minimum absolute atomic E-state index is 0.243. The van der Waals surface area contributed by atoms with Gasteiger partial charge in [-0.3, -0.25) is 0 Å². The summed E-state index contributed by atoms with van der Waals surface area (Å²) in [4.78, 5) is 15.1. The fraction of sp³-hybridized carbons (Fsp3) is 0.786. The highest BCUT2D eigenvalue weighted by Crippen LogP contribution is 2.29. The van der Waals surface area contributed by atoms with Crippen LogP contribution < -0.4 is 10.2 Å². The van der Waals surface area contributed by atoms with Gasteiger partial charge in [0.2, 0.25) is 17.2 Å². The van der Waals surface area contributed by atoms with Gasteiger partial charge in [0.05, 0.1) is 13.2 Å². The highest BCUT2D eigenvalue weighted by molar-refractivity contribution is 6.28. The Morgan fingerprint density at radius 3 is 2.62 bits per heavy atom. The maximum absolute atomic E-state index is 6.05. The minimum atomic E-state index is 0.243. The molecule has 1 saturated carbocycles. The van der Waals surface area contributed by atoms with Gasteiger partial charge >= 0.3 is 0 Å². The van der Waals surface area contributed by atoms with Crippen LogP contribution in [-0.4, -0.2) is 47.3 Å². The predicted molar refractivity (Wildman–Crippen MR) is 82.9 cm³/mol. The fourth-order valence-corrected chi connectivity index (χ4v) is 3.24. The van der Waals surface area contributed by atoms with E-state index in [1.54, 1.807) is 0 Å². The van der Waals surface area contributed by atoms with E-state index in [0.717, 1.165) is 13.1 Å². The second kappa shape index (κ2) is 6.75. The average molecular weight is 312 g/mol. The predicted octanol–water partition coefficient (Wildman–Crippen LogP) is 2.35. The largest absolute Gasteiger partial charge is 0.378 e. The molecule has 0 amide bonds. The molecule has 1 aromatic rings. The Morgan fingerprint density at radius 2 is 1.90 bits per heavy atom. The standard InChI is InChI=1S/C14H22ClN5O/c1-10(11-4-2-3-5-11)16-13-17-12(15)18-14(19-13)20-6-8-21-9-7-20/h10-11H,2-9H2,1H3,(H,16,17,18,19). The molecule has 1 aliphatic heterocycles. The first-order valence-corrected chi connectivity index (χ1v) is 8.11. The molecule has 0 spiro atoms. The lowest BCUT2D eigenvalue weighted by atomic mass is 10.0. The van der Waals surface area contributed by atoms with Gasteiger partial charge in [0, 0.05) is 19.1 Å². The van der Waals surface area contributed by atoms with E-state index in [1.165, 1.54) is 25.7 Å². The van der Waals surface area contributed by atoms with E-state index < -0.39 is 0 Å². The average Bonchev–Trinajstić information content (AvgIpc) is 3.02. The Kier molecular flexibility index (Phi) is 4.75. The molecule has 1 N–H and O–H groups in total. The van der Waals surface area contributed by atoms with Gasteiger partial charge in [-0.15, -0.1) is 0 Å². The first kappa shape index (κ1) is 14.8. The molecule has 0 bridgehead atoms. The molecule has 1 aromatic heterocycles. The molecule has 6 nitrogen and oxygen atoms in total. The van der Waals surface area contributed by atoms with Crippen molar-refractivity contribution in [1.29, 1.82) is 0 Å². The van der Waals surface area contributed by atoms with Crippen molar-refractivity contribution < 1.29 is 4.74 Å². The van der Waals surface area contributed by atoms with Gasteiger partial charge in [-0.1, -0.05) is 12.8 Å². The molecule has 3 rings (SSSR count). The van der Waals surface area contributed by atoms with Crippen molar-refractivity contribution in [3.63, 3.8) is 0 Å². The zero-order valence-electron chi connectivity index (χ0n) is 12.4. The SMILES string of the molecule is CC(Nc1nc(Cl)nc(N2CCOCC2)n1)C1CCCC1. The van der Waals surface area contributed by atoms with E-state index in [1.807, 2.05) is 0 Å².